The molecule has 22 heavy (non-hydrogen) atoms. The van der Waals surface area contributed by atoms with Gasteiger partial charge in [0.15, 0.2) is 0 Å². The van der Waals surface area contributed by atoms with Crippen LogP contribution in [0.15, 0.2) is 35.1 Å². The Morgan fingerprint density at radius 1 is 1.41 bits per heavy atom. The Morgan fingerprint density at radius 2 is 2.09 bits per heavy atom. The Balaban J connectivity index is 2.06. The maximum Gasteiger partial charge on any atom is 0.340 e. The zero-order valence-corrected chi connectivity index (χ0v) is 12.4. The third-order valence-corrected chi connectivity index (χ3v) is 3.34. The zero-order chi connectivity index (χ0) is 15.8. The minimum absolute atomic E-state index is 0.0640. The summed E-state index contributed by atoms with van der Waals surface area (Å²) in [6.45, 7) is 4.29. The average Bonchev–Trinajstić information content (AvgIpc) is 2.56. The minimum Gasteiger partial charge on any atom is -0.466 e. The van der Waals surface area contributed by atoms with Crippen LogP contribution in [0.2, 0.25) is 0 Å². The number of morpholine rings is 1. The molecular weight excluding hydrogens is 284 g/mol. The highest BCUT2D eigenvalue weighted by Crippen LogP contribution is 2.13. The second-order valence-corrected chi connectivity index (χ2v) is 4.84. The predicted molar refractivity (Wildman–Crippen MR) is 81.7 cm³/mol. The second-order valence-electron chi connectivity index (χ2n) is 4.84. The topological polar surface area (TPSA) is 87.5 Å². The van der Waals surface area contributed by atoms with Gasteiger partial charge < -0.3 is 9.47 Å². The van der Waals surface area contributed by atoms with E-state index in [0.717, 1.165) is 38.4 Å². The molecule has 0 saturated carbocycles. The van der Waals surface area contributed by atoms with Crippen LogP contribution in [0.3, 0.4) is 0 Å². The number of benzene rings is 1. The number of nitrogens with zero attached hydrogens (tertiary/aromatic N) is 4. The summed E-state index contributed by atoms with van der Waals surface area (Å²) in [5.41, 5.74) is 10.4. The van der Waals surface area contributed by atoms with Gasteiger partial charge in [0.1, 0.15) is 5.70 Å². The summed E-state index contributed by atoms with van der Waals surface area (Å²) < 4.78 is 9.89. The SMILES string of the molecule is COC(=O)/C(=C\c1ccc(CN2CCOCC2)cc1)N=[N+]=[N-]. The molecule has 1 aromatic carbocycles. The van der Waals surface area contributed by atoms with E-state index in [1.807, 2.05) is 24.3 Å². The van der Waals surface area contributed by atoms with E-state index in [0.29, 0.717) is 0 Å². The number of hydrogen-bond acceptors (Lipinski definition) is 5. The molecule has 0 unspecified atom stereocenters. The standard InChI is InChI=1S/C15H18N4O3/c1-21-15(20)14(17-18-16)10-12-2-4-13(5-3-12)11-19-6-8-22-9-7-19/h2-5,10H,6-9,11H2,1H3/b14-10+. The Hall–Kier alpha value is -2.34. The Kier molecular flexibility index (Phi) is 5.97. The number of ether oxygens (including phenoxy) is 2. The average molecular weight is 302 g/mol. The molecule has 1 aliphatic heterocycles. The van der Waals surface area contributed by atoms with Gasteiger partial charge >= 0.3 is 5.97 Å². The highest BCUT2D eigenvalue weighted by atomic mass is 16.5. The molecule has 0 aromatic heterocycles. The second kappa shape index (κ2) is 8.19. The van der Waals surface area contributed by atoms with Gasteiger partial charge in [-0.05, 0) is 22.7 Å². The first kappa shape index (κ1) is 16.0. The summed E-state index contributed by atoms with van der Waals surface area (Å²) in [5.74, 6) is -0.657. The highest BCUT2D eigenvalue weighted by molar-refractivity contribution is 5.93. The van der Waals surface area contributed by atoms with Gasteiger partial charge in [0.25, 0.3) is 0 Å². The molecule has 116 valence electrons. The molecule has 1 aromatic rings. The number of carbonyl (C=O) groups excluding carboxylic acids is 1. The number of azide groups is 1. The van der Waals surface area contributed by atoms with Crippen molar-refractivity contribution in [2.45, 2.75) is 6.54 Å². The molecule has 1 aliphatic rings. The Labute approximate surface area is 128 Å². The van der Waals surface area contributed by atoms with Crippen molar-refractivity contribution in [3.63, 3.8) is 0 Å². The molecule has 0 radical (unpaired) electrons. The molecule has 0 bridgehead atoms. The minimum atomic E-state index is -0.657. The van der Waals surface area contributed by atoms with Gasteiger partial charge in [-0.15, -0.1) is 0 Å². The molecule has 0 spiro atoms. The fraction of sp³-hybridized carbons (Fsp3) is 0.400. The lowest BCUT2D eigenvalue weighted by Crippen LogP contribution is -2.35. The molecule has 0 atom stereocenters. The van der Waals surface area contributed by atoms with Crippen LogP contribution in [0.4, 0.5) is 0 Å². The van der Waals surface area contributed by atoms with E-state index in [9.17, 15) is 4.79 Å². The van der Waals surface area contributed by atoms with Gasteiger partial charge in [-0.3, -0.25) is 4.90 Å². The van der Waals surface area contributed by atoms with Crippen LogP contribution in [0.5, 0.6) is 0 Å². The third kappa shape index (κ3) is 4.60. The van der Waals surface area contributed by atoms with Crippen LogP contribution >= 0.6 is 0 Å². The molecule has 1 fully saturated rings. The molecule has 0 amide bonds. The summed E-state index contributed by atoms with van der Waals surface area (Å²) in [6, 6.07) is 7.75. The summed E-state index contributed by atoms with van der Waals surface area (Å²) in [5, 5.41) is 3.35. The molecule has 7 nitrogen and oxygen atoms in total. The fourth-order valence-corrected chi connectivity index (χ4v) is 2.18. The number of hydrogen-bond donors (Lipinski definition) is 0. The lowest BCUT2D eigenvalue weighted by atomic mass is 10.1. The predicted octanol–water partition coefficient (Wildman–Crippen LogP) is 2.34. The van der Waals surface area contributed by atoms with E-state index in [4.69, 9.17) is 10.3 Å². The third-order valence-electron chi connectivity index (χ3n) is 3.34. The van der Waals surface area contributed by atoms with Gasteiger partial charge in [-0.25, -0.2) is 4.79 Å². The number of methoxy groups -OCH3 is 1. The highest BCUT2D eigenvalue weighted by Gasteiger charge is 2.11. The van der Waals surface area contributed by atoms with E-state index in [2.05, 4.69) is 19.7 Å². The molecular formula is C15H18N4O3. The van der Waals surface area contributed by atoms with Crippen molar-refractivity contribution in [2.75, 3.05) is 33.4 Å². The van der Waals surface area contributed by atoms with E-state index in [1.165, 1.54) is 18.7 Å². The van der Waals surface area contributed by atoms with Gasteiger partial charge in [0.2, 0.25) is 0 Å². The van der Waals surface area contributed by atoms with Crippen molar-refractivity contribution in [1.82, 2.24) is 4.90 Å². The molecule has 7 heteroatoms. The van der Waals surface area contributed by atoms with Crippen molar-refractivity contribution in [3.8, 4) is 0 Å². The molecule has 0 N–H and O–H groups in total. The van der Waals surface area contributed by atoms with Gasteiger partial charge in [0.05, 0.1) is 20.3 Å². The largest absolute Gasteiger partial charge is 0.466 e. The number of rotatable bonds is 5. The summed E-state index contributed by atoms with van der Waals surface area (Å²) in [4.78, 5) is 16.4. The fourth-order valence-electron chi connectivity index (χ4n) is 2.18. The van der Waals surface area contributed by atoms with Crippen LogP contribution < -0.4 is 0 Å². The van der Waals surface area contributed by atoms with Crippen LogP contribution in [-0.4, -0.2) is 44.3 Å². The smallest absolute Gasteiger partial charge is 0.340 e. The lowest BCUT2D eigenvalue weighted by molar-refractivity contribution is -0.136. The zero-order valence-electron chi connectivity index (χ0n) is 12.4. The van der Waals surface area contributed by atoms with Gasteiger partial charge in [0, 0.05) is 24.5 Å². The Bertz CT molecular complexity index is 585. The van der Waals surface area contributed by atoms with Crippen LogP contribution in [-0.2, 0) is 20.8 Å². The lowest BCUT2D eigenvalue weighted by Gasteiger charge is -2.26. The summed E-state index contributed by atoms with van der Waals surface area (Å²) in [7, 11) is 1.24. The van der Waals surface area contributed by atoms with Gasteiger partial charge in [-0.1, -0.05) is 29.4 Å². The van der Waals surface area contributed by atoms with E-state index in [-0.39, 0.29) is 5.70 Å². The Morgan fingerprint density at radius 3 is 2.68 bits per heavy atom. The summed E-state index contributed by atoms with van der Waals surface area (Å²) >= 11 is 0. The normalized spacial score (nSPS) is 16.0. The van der Waals surface area contributed by atoms with E-state index < -0.39 is 5.97 Å². The quantitative estimate of drug-likeness (QED) is 0.274. The van der Waals surface area contributed by atoms with Crippen molar-refractivity contribution in [1.29, 1.82) is 0 Å². The first-order valence-electron chi connectivity index (χ1n) is 6.97. The monoisotopic (exact) mass is 302 g/mol. The summed E-state index contributed by atoms with van der Waals surface area (Å²) in [6.07, 6.45) is 1.50. The van der Waals surface area contributed by atoms with Gasteiger partial charge in [-0.2, -0.15) is 0 Å². The molecule has 2 rings (SSSR count). The maximum absolute atomic E-state index is 11.5. The van der Waals surface area contributed by atoms with Crippen molar-refractivity contribution < 1.29 is 14.3 Å². The molecule has 1 heterocycles. The first-order chi connectivity index (χ1) is 10.7. The van der Waals surface area contributed by atoms with Crippen LogP contribution in [0.25, 0.3) is 16.5 Å². The van der Waals surface area contributed by atoms with Crippen molar-refractivity contribution in [3.05, 3.63) is 51.5 Å². The van der Waals surface area contributed by atoms with Crippen molar-refractivity contribution in [2.24, 2.45) is 5.11 Å². The van der Waals surface area contributed by atoms with Crippen LogP contribution in [0.1, 0.15) is 11.1 Å². The van der Waals surface area contributed by atoms with E-state index in [1.54, 1.807) is 0 Å². The number of esters is 1. The van der Waals surface area contributed by atoms with Crippen molar-refractivity contribution >= 4 is 12.0 Å². The van der Waals surface area contributed by atoms with E-state index >= 15 is 0 Å². The maximum atomic E-state index is 11.5. The van der Waals surface area contributed by atoms with Crippen LogP contribution in [0, 0.1) is 0 Å². The molecule has 0 aliphatic carbocycles. The first-order valence-corrected chi connectivity index (χ1v) is 6.97. The number of carbonyl (C=O) groups is 1. The molecule has 1 saturated heterocycles.